The minimum Gasteiger partial charge on any atom is -0.481 e. The summed E-state index contributed by atoms with van der Waals surface area (Å²) >= 11 is 0. The summed E-state index contributed by atoms with van der Waals surface area (Å²) in [5, 5.41) is 16.3. The number of aromatic amines is 1. The number of hydrogen-bond donors (Lipinski definition) is 3. The molecule has 4 aliphatic carbocycles. The molecule has 4 fully saturated rings. The van der Waals surface area contributed by atoms with Gasteiger partial charge in [0.05, 0.1) is 6.42 Å². The molecule has 0 radical (unpaired) electrons. The second-order valence-electron chi connectivity index (χ2n) is 7.23. The molecule has 5 heteroatoms. The van der Waals surface area contributed by atoms with Crippen molar-refractivity contribution >= 4 is 11.8 Å². The van der Waals surface area contributed by atoms with E-state index in [2.05, 4.69) is 10.2 Å². The van der Waals surface area contributed by atoms with Gasteiger partial charge in [0.2, 0.25) is 0 Å². The zero-order chi connectivity index (χ0) is 13.9. The van der Waals surface area contributed by atoms with Crippen LogP contribution in [-0.2, 0) is 16.6 Å². The largest absolute Gasteiger partial charge is 0.481 e. The highest BCUT2D eigenvalue weighted by molar-refractivity contribution is 5.73. The molecule has 4 N–H and O–H groups in total. The second-order valence-corrected chi connectivity index (χ2v) is 7.23. The smallest absolute Gasteiger partial charge is 0.308 e. The van der Waals surface area contributed by atoms with Gasteiger partial charge in [0.25, 0.3) is 0 Å². The van der Waals surface area contributed by atoms with Crippen LogP contribution in [0.1, 0.15) is 49.8 Å². The number of nitrogens with one attached hydrogen (secondary N) is 1. The third-order valence-corrected chi connectivity index (χ3v) is 5.80. The summed E-state index contributed by atoms with van der Waals surface area (Å²) in [6, 6.07) is 0. The lowest BCUT2D eigenvalue weighted by molar-refractivity contribution is -0.136. The predicted molar refractivity (Wildman–Crippen MR) is 74.2 cm³/mol. The van der Waals surface area contributed by atoms with Gasteiger partial charge in [0, 0.05) is 16.7 Å². The highest BCUT2D eigenvalue weighted by Gasteiger charge is 2.53. The molecule has 20 heavy (non-hydrogen) atoms. The monoisotopic (exact) mass is 275 g/mol. The highest BCUT2D eigenvalue weighted by atomic mass is 16.4. The van der Waals surface area contributed by atoms with Crippen molar-refractivity contribution in [2.45, 2.75) is 50.4 Å². The van der Waals surface area contributed by atoms with E-state index < -0.39 is 5.97 Å². The second kappa shape index (κ2) is 3.99. The van der Waals surface area contributed by atoms with E-state index in [4.69, 9.17) is 10.8 Å². The molecule has 0 spiro atoms. The number of aliphatic carboxylic acids is 1. The zero-order valence-corrected chi connectivity index (χ0v) is 11.6. The summed E-state index contributed by atoms with van der Waals surface area (Å²) < 4.78 is 0. The Hall–Kier alpha value is -1.52. The van der Waals surface area contributed by atoms with Crippen LogP contribution in [0, 0.1) is 17.8 Å². The van der Waals surface area contributed by atoms with E-state index in [-0.39, 0.29) is 11.8 Å². The maximum absolute atomic E-state index is 11.1. The van der Waals surface area contributed by atoms with Gasteiger partial charge in [-0.2, -0.15) is 5.10 Å². The molecule has 0 saturated heterocycles. The topological polar surface area (TPSA) is 92.0 Å². The van der Waals surface area contributed by atoms with Gasteiger partial charge in [0.15, 0.2) is 0 Å². The first-order chi connectivity index (χ1) is 9.56. The molecule has 108 valence electrons. The van der Waals surface area contributed by atoms with Crippen LogP contribution < -0.4 is 5.73 Å². The van der Waals surface area contributed by atoms with Gasteiger partial charge in [-0.1, -0.05) is 0 Å². The van der Waals surface area contributed by atoms with Crippen LogP contribution in [0.15, 0.2) is 0 Å². The maximum atomic E-state index is 11.1. The van der Waals surface area contributed by atoms with Crippen molar-refractivity contribution in [2.75, 3.05) is 5.73 Å². The van der Waals surface area contributed by atoms with Crippen molar-refractivity contribution < 1.29 is 9.90 Å². The Bertz CT molecular complexity index is 528. The standard InChI is InChI=1S/C15H21N3O2/c16-14-11(4-12(19)20)13(17-18-14)15-5-8-1-9(6-15)3-10(2-8)7-15/h8-10H,1-7H2,(H,19,20)(H3,16,17,18). The molecule has 1 aromatic heterocycles. The van der Waals surface area contributed by atoms with Crippen LogP contribution in [0.25, 0.3) is 0 Å². The van der Waals surface area contributed by atoms with E-state index in [1.165, 1.54) is 38.5 Å². The number of rotatable bonds is 3. The van der Waals surface area contributed by atoms with E-state index in [0.29, 0.717) is 5.82 Å². The van der Waals surface area contributed by atoms with E-state index in [9.17, 15) is 4.79 Å². The average molecular weight is 275 g/mol. The van der Waals surface area contributed by atoms with Crippen LogP contribution in [0.5, 0.6) is 0 Å². The van der Waals surface area contributed by atoms with Crippen LogP contribution in [0.4, 0.5) is 5.82 Å². The third-order valence-electron chi connectivity index (χ3n) is 5.80. The first-order valence-electron chi connectivity index (χ1n) is 7.61. The van der Waals surface area contributed by atoms with E-state index in [1.807, 2.05) is 0 Å². The number of anilines is 1. The number of carbonyl (C=O) groups is 1. The minimum atomic E-state index is -0.830. The Kier molecular flexibility index (Phi) is 2.44. The van der Waals surface area contributed by atoms with Crippen molar-refractivity contribution in [3.63, 3.8) is 0 Å². The maximum Gasteiger partial charge on any atom is 0.308 e. The van der Waals surface area contributed by atoms with Gasteiger partial charge in [-0.3, -0.25) is 9.89 Å². The lowest BCUT2D eigenvalue weighted by Gasteiger charge is -2.56. The fourth-order valence-electron chi connectivity index (χ4n) is 5.56. The van der Waals surface area contributed by atoms with E-state index >= 15 is 0 Å². The van der Waals surface area contributed by atoms with Gasteiger partial charge in [-0.15, -0.1) is 0 Å². The number of aromatic nitrogens is 2. The predicted octanol–water partition coefficient (Wildman–Crippen LogP) is 2.09. The molecule has 0 aromatic carbocycles. The number of nitrogens with two attached hydrogens (primary N) is 1. The van der Waals surface area contributed by atoms with Crippen molar-refractivity contribution in [3.8, 4) is 0 Å². The van der Waals surface area contributed by atoms with Gasteiger partial charge < -0.3 is 10.8 Å². The van der Waals surface area contributed by atoms with Crippen molar-refractivity contribution in [1.82, 2.24) is 10.2 Å². The molecule has 0 unspecified atom stereocenters. The van der Waals surface area contributed by atoms with Crippen LogP contribution in [0.2, 0.25) is 0 Å². The Morgan fingerprint density at radius 2 is 1.80 bits per heavy atom. The molecule has 0 amide bonds. The molecular weight excluding hydrogens is 254 g/mol. The van der Waals surface area contributed by atoms with Crippen molar-refractivity contribution in [2.24, 2.45) is 17.8 Å². The number of hydrogen-bond acceptors (Lipinski definition) is 3. The molecule has 0 atom stereocenters. The van der Waals surface area contributed by atoms with Gasteiger partial charge >= 0.3 is 5.97 Å². The van der Waals surface area contributed by atoms with E-state index in [1.54, 1.807) is 0 Å². The fourth-order valence-corrected chi connectivity index (χ4v) is 5.56. The number of carboxylic acid groups (broad SMARTS) is 1. The molecule has 4 bridgehead atoms. The molecule has 1 aromatic rings. The molecule has 4 saturated carbocycles. The van der Waals surface area contributed by atoms with Gasteiger partial charge in [-0.05, 0) is 56.3 Å². The zero-order valence-electron chi connectivity index (χ0n) is 11.6. The Morgan fingerprint density at radius 3 is 2.30 bits per heavy atom. The summed E-state index contributed by atoms with van der Waals surface area (Å²) in [5.74, 6) is 2.01. The highest BCUT2D eigenvalue weighted by Crippen LogP contribution is 2.61. The summed E-state index contributed by atoms with van der Waals surface area (Å²) in [7, 11) is 0. The first kappa shape index (κ1) is 12.2. The number of H-pyrrole nitrogens is 1. The number of nitrogen functional groups attached to an aromatic ring is 1. The third kappa shape index (κ3) is 1.68. The quantitative estimate of drug-likeness (QED) is 0.787. The van der Waals surface area contributed by atoms with Crippen molar-refractivity contribution in [1.29, 1.82) is 0 Å². The molecule has 1 heterocycles. The molecule has 0 aliphatic heterocycles. The Labute approximate surface area is 117 Å². The minimum absolute atomic E-state index is 0.0145. The SMILES string of the molecule is Nc1n[nH]c(C23CC4CC(CC(C4)C2)C3)c1CC(=O)O. The van der Waals surface area contributed by atoms with Gasteiger partial charge in [0.1, 0.15) is 5.82 Å². The summed E-state index contributed by atoms with van der Waals surface area (Å²) in [5.41, 5.74) is 7.81. The lowest BCUT2D eigenvalue weighted by atomic mass is 9.48. The molecule has 5 rings (SSSR count). The Balaban J connectivity index is 1.75. The molecule has 5 nitrogen and oxygen atoms in total. The molecule has 4 aliphatic rings. The fraction of sp³-hybridized carbons (Fsp3) is 0.733. The summed E-state index contributed by atoms with van der Waals surface area (Å²) in [6.07, 6.45) is 7.67. The lowest BCUT2D eigenvalue weighted by Crippen LogP contribution is -2.49. The first-order valence-corrected chi connectivity index (χ1v) is 7.61. The van der Waals surface area contributed by atoms with Gasteiger partial charge in [-0.25, -0.2) is 0 Å². The molecular formula is C15H21N3O2. The van der Waals surface area contributed by atoms with E-state index in [0.717, 1.165) is 29.0 Å². The Morgan fingerprint density at radius 1 is 1.25 bits per heavy atom. The number of carboxylic acids is 1. The summed E-state index contributed by atoms with van der Waals surface area (Å²) in [6.45, 7) is 0. The summed E-state index contributed by atoms with van der Waals surface area (Å²) in [4.78, 5) is 11.1. The average Bonchev–Trinajstić information content (AvgIpc) is 2.69. The van der Waals surface area contributed by atoms with Crippen LogP contribution in [-0.4, -0.2) is 21.3 Å². The normalized spacial score (nSPS) is 38.3. The van der Waals surface area contributed by atoms with Crippen LogP contribution >= 0.6 is 0 Å². The van der Waals surface area contributed by atoms with Crippen molar-refractivity contribution in [3.05, 3.63) is 11.3 Å². The number of nitrogens with zero attached hydrogens (tertiary/aromatic N) is 1. The van der Waals surface area contributed by atoms with Crippen LogP contribution in [0.3, 0.4) is 0 Å².